The lowest BCUT2D eigenvalue weighted by molar-refractivity contribution is -0.136. The van der Waals surface area contributed by atoms with Gasteiger partial charge in [0.15, 0.2) is 5.25 Å². The third-order valence-electron chi connectivity index (χ3n) is 3.09. The molecule has 0 spiro atoms. The first kappa shape index (κ1) is 15.1. The predicted molar refractivity (Wildman–Crippen MR) is 76.8 cm³/mol. The molecular formula is C12H15N3O5S. The standard InChI is InChI=1S/C12H15N3O5S/c1-8(11(16)17)21(19,20)14-9-3-2-4-10(7-9)15-6-5-13-12(15)18/h2-4,7-8,14H,5-6H2,1H3,(H,13,18)(H,16,17). The molecule has 0 aliphatic carbocycles. The highest BCUT2D eigenvalue weighted by Gasteiger charge is 2.28. The third-order valence-corrected chi connectivity index (χ3v) is 4.74. The highest BCUT2D eigenvalue weighted by atomic mass is 32.2. The molecule has 9 heteroatoms. The molecule has 1 aromatic rings. The van der Waals surface area contributed by atoms with E-state index in [9.17, 15) is 18.0 Å². The summed E-state index contributed by atoms with van der Waals surface area (Å²) in [6, 6.07) is 5.97. The van der Waals surface area contributed by atoms with E-state index in [-0.39, 0.29) is 11.7 Å². The van der Waals surface area contributed by atoms with Crippen molar-refractivity contribution in [3.8, 4) is 0 Å². The molecule has 21 heavy (non-hydrogen) atoms. The number of rotatable bonds is 5. The van der Waals surface area contributed by atoms with Crippen LogP contribution in [0.5, 0.6) is 0 Å². The largest absolute Gasteiger partial charge is 0.480 e. The van der Waals surface area contributed by atoms with Crippen molar-refractivity contribution in [2.45, 2.75) is 12.2 Å². The molecule has 1 atom stereocenters. The van der Waals surface area contributed by atoms with Crippen molar-refractivity contribution in [2.75, 3.05) is 22.7 Å². The molecule has 1 aliphatic rings. The maximum atomic E-state index is 11.9. The number of hydrogen-bond donors (Lipinski definition) is 3. The first-order valence-electron chi connectivity index (χ1n) is 6.21. The van der Waals surface area contributed by atoms with Gasteiger partial charge in [0.2, 0.25) is 10.0 Å². The van der Waals surface area contributed by atoms with E-state index in [1.165, 1.54) is 17.0 Å². The number of nitrogens with one attached hydrogen (secondary N) is 2. The Morgan fingerprint density at radius 1 is 1.48 bits per heavy atom. The Kier molecular flexibility index (Phi) is 4.03. The number of carbonyl (C=O) groups excluding carboxylic acids is 1. The lowest BCUT2D eigenvalue weighted by atomic mass is 10.2. The number of anilines is 2. The molecule has 1 aromatic carbocycles. The average Bonchev–Trinajstić information content (AvgIpc) is 2.83. The molecule has 0 aromatic heterocycles. The molecule has 1 saturated heterocycles. The van der Waals surface area contributed by atoms with E-state index in [1.54, 1.807) is 12.1 Å². The minimum atomic E-state index is -4.04. The zero-order valence-corrected chi connectivity index (χ0v) is 12.1. The van der Waals surface area contributed by atoms with Crippen molar-refractivity contribution < 1.29 is 23.1 Å². The summed E-state index contributed by atoms with van der Waals surface area (Å²) >= 11 is 0. The second-order valence-electron chi connectivity index (χ2n) is 4.56. The van der Waals surface area contributed by atoms with E-state index in [0.717, 1.165) is 6.92 Å². The van der Waals surface area contributed by atoms with Crippen molar-refractivity contribution >= 4 is 33.4 Å². The summed E-state index contributed by atoms with van der Waals surface area (Å²) in [5.74, 6) is -1.43. The molecule has 1 unspecified atom stereocenters. The fourth-order valence-corrected chi connectivity index (χ4v) is 2.74. The zero-order chi connectivity index (χ0) is 15.6. The first-order valence-corrected chi connectivity index (χ1v) is 7.76. The minimum absolute atomic E-state index is 0.209. The van der Waals surface area contributed by atoms with Crippen LogP contribution in [0.2, 0.25) is 0 Å². The highest BCUT2D eigenvalue weighted by molar-refractivity contribution is 7.94. The van der Waals surface area contributed by atoms with Crippen LogP contribution in [0.3, 0.4) is 0 Å². The zero-order valence-electron chi connectivity index (χ0n) is 11.2. The molecule has 0 radical (unpaired) electrons. The van der Waals surface area contributed by atoms with Gasteiger partial charge in [0.1, 0.15) is 0 Å². The topological polar surface area (TPSA) is 116 Å². The Morgan fingerprint density at radius 3 is 2.76 bits per heavy atom. The second-order valence-corrected chi connectivity index (χ2v) is 6.56. The summed E-state index contributed by atoms with van der Waals surface area (Å²) in [5.41, 5.74) is 0.744. The fraction of sp³-hybridized carbons (Fsp3) is 0.333. The molecule has 1 heterocycles. The Bertz CT molecular complexity index is 673. The van der Waals surface area contributed by atoms with Gasteiger partial charge in [-0.05, 0) is 25.1 Å². The number of sulfonamides is 1. The third kappa shape index (κ3) is 3.24. The predicted octanol–water partition coefficient (Wildman–Crippen LogP) is 0.431. The first-order chi connectivity index (χ1) is 9.81. The van der Waals surface area contributed by atoms with Crippen LogP contribution in [0.4, 0.5) is 16.2 Å². The molecule has 0 saturated carbocycles. The summed E-state index contributed by atoms with van der Waals surface area (Å²) in [6.45, 7) is 2.09. The van der Waals surface area contributed by atoms with Crippen molar-refractivity contribution in [3.63, 3.8) is 0 Å². The van der Waals surface area contributed by atoms with Gasteiger partial charge in [0.25, 0.3) is 0 Å². The number of hydrogen-bond acceptors (Lipinski definition) is 4. The van der Waals surface area contributed by atoms with Crippen molar-refractivity contribution in [1.29, 1.82) is 0 Å². The number of carboxylic acids is 1. The number of urea groups is 1. The summed E-state index contributed by atoms with van der Waals surface area (Å²) in [4.78, 5) is 23.8. The number of carboxylic acid groups (broad SMARTS) is 1. The maximum Gasteiger partial charge on any atom is 0.323 e. The van der Waals surface area contributed by atoms with Gasteiger partial charge >= 0.3 is 12.0 Å². The SMILES string of the molecule is CC(C(=O)O)S(=O)(=O)Nc1cccc(N2CCNC2=O)c1. The lowest BCUT2D eigenvalue weighted by Crippen LogP contribution is -2.32. The summed E-state index contributed by atoms with van der Waals surface area (Å²) in [6.07, 6.45) is 0. The van der Waals surface area contributed by atoms with Crippen molar-refractivity contribution in [3.05, 3.63) is 24.3 Å². The van der Waals surface area contributed by atoms with Gasteiger partial charge in [-0.15, -0.1) is 0 Å². The molecule has 0 bridgehead atoms. The summed E-state index contributed by atoms with van der Waals surface area (Å²) in [7, 11) is -4.04. The van der Waals surface area contributed by atoms with Gasteiger partial charge in [-0.1, -0.05) is 6.07 Å². The van der Waals surface area contributed by atoms with Gasteiger partial charge in [-0.3, -0.25) is 14.4 Å². The molecule has 8 nitrogen and oxygen atoms in total. The molecule has 114 valence electrons. The molecule has 1 aliphatic heterocycles. The monoisotopic (exact) mass is 313 g/mol. The second kappa shape index (κ2) is 5.60. The van der Waals surface area contributed by atoms with E-state index in [1.807, 2.05) is 0 Å². The fourth-order valence-electron chi connectivity index (χ4n) is 1.84. The average molecular weight is 313 g/mol. The smallest absolute Gasteiger partial charge is 0.323 e. The van der Waals surface area contributed by atoms with Crippen LogP contribution in [0.15, 0.2) is 24.3 Å². The van der Waals surface area contributed by atoms with E-state index >= 15 is 0 Å². The Morgan fingerprint density at radius 2 is 2.19 bits per heavy atom. The number of carbonyl (C=O) groups is 2. The van der Waals surface area contributed by atoms with Crippen LogP contribution in [-0.2, 0) is 14.8 Å². The van der Waals surface area contributed by atoms with E-state index in [2.05, 4.69) is 10.0 Å². The van der Waals surface area contributed by atoms with E-state index < -0.39 is 21.2 Å². The van der Waals surface area contributed by atoms with Gasteiger partial charge in [0, 0.05) is 18.8 Å². The van der Waals surface area contributed by atoms with E-state index in [0.29, 0.717) is 18.8 Å². The Balaban J connectivity index is 2.22. The van der Waals surface area contributed by atoms with E-state index in [4.69, 9.17) is 5.11 Å². The maximum absolute atomic E-state index is 11.9. The number of amides is 2. The highest BCUT2D eigenvalue weighted by Crippen LogP contribution is 2.22. The minimum Gasteiger partial charge on any atom is -0.480 e. The number of benzene rings is 1. The molecular weight excluding hydrogens is 298 g/mol. The van der Waals surface area contributed by atoms with Crippen LogP contribution in [0.25, 0.3) is 0 Å². The molecule has 3 N–H and O–H groups in total. The van der Waals surface area contributed by atoms with Crippen LogP contribution in [0.1, 0.15) is 6.92 Å². The number of nitrogens with zero attached hydrogens (tertiary/aromatic N) is 1. The number of aliphatic carboxylic acids is 1. The van der Waals surface area contributed by atoms with Crippen LogP contribution in [0, 0.1) is 0 Å². The van der Waals surface area contributed by atoms with Crippen molar-refractivity contribution in [2.24, 2.45) is 0 Å². The van der Waals surface area contributed by atoms with Gasteiger partial charge in [0.05, 0.1) is 5.69 Å². The van der Waals surface area contributed by atoms with Gasteiger partial charge in [-0.25, -0.2) is 13.2 Å². The quantitative estimate of drug-likeness (QED) is 0.729. The van der Waals surface area contributed by atoms with Gasteiger partial charge in [-0.2, -0.15) is 0 Å². The normalized spacial score (nSPS) is 16.4. The molecule has 2 amide bonds. The van der Waals surface area contributed by atoms with Gasteiger partial charge < -0.3 is 10.4 Å². The Labute approximate surface area is 121 Å². The van der Waals surface area contributed by atoms with Crippen LogP contribution in [-0.4, -0.2) is 43.9 Å². The molecule has 1 fully saturated rings. The van der Waals surface area contributed by atoms with Crippen LogP contribution >= 0.6 is 0 Å². The van der Waals surface area contributed by atoms with Crippen LogP contribution < -0.4 is 14.9 Å². The Hall–Kier alpha value is -2.29. The lowest BCUT2D eigenvalue weighted by Gasteiger charge is -2.16. The molecule has 2 rings (SSSR count). The summed E-state index contributed by atoms with van der Waals surface area (Å²) < 4.78 is 25.9. The van der Waals surface area contributed by atoms with Crippen molar-refractivity contribution in [1.82, 2.24) is 5.32 Å². The summed E-state index contributed by atoms with van der Waals surface area (Å²) in [5, 5.41) is 9.84.